The molecule has 3 fully saturated rings. The first-order valence-corrected chi connectivity index (χ1v) is 17.3. The van der Waals surface area contributed by atoms with Crippen LogP contribution in [0.4, 0.5) is 0 Å². The third kappa shape index (κ3) is 8.95. The lowest BCUT2D eigenvalue weighted by atomic mass is 9.86. The van der Waals surface area contributed by atoms with Gasteiger partial charge in [0.15, 0.2) is 12.6 Å². The van der Waals surface area contributed by atoms with E-state index in [1.165, 1.54) is 31.2 Å². The molecule has 3 saturated heterocycles. The molecule has 3 heterocycles. The van der Waals surface area contributed by atoms with Crippen LogP contribution in [0.3, 0.4) is 0 Å². The van der Waals surface area contributed by atoms with Gasteiger partial charge < -0.3 is 95.0 Å². The van der Waals surface area contributed by atoms with E-state index in [1.807, 2.05) is 6.07 Å². The fourth-order valence-electron chi connectivity index (χ4n) is 6.82. The largest absolute Gasteiger partial charge is 0.462 e. The minimum atomic E-state index is -1.95. The van der Waals surface area contributed by atoms with E-state index in [9.17, 15) is 61.3 Å². The number of hydrogen-bond donors (Lipinski definition) is 13. The van der Waals surface area contributed by atoms with Gasteiger partial charge in [-0.1, -0.05) is 18.2 Å². The Kier molecular flexibility index (Phi) is 14.5. The van der Waals surface area contributed by atoms with E-state index in [0.717, 1.165) is 0 Å². The number of nitrogens with one attached hydrogen (secondary N) is 1. The highest BCUT2D eigenvalue weighted by Crippen LogP contribution is 2.33. The summed E-state index contributed by atoms with van der Waals surface area (Å²) in [5, 5.41) is 138. The highest BCUT2D eigenvalue weighted by molar-refractivity contribution is 5.52. The van der Waals surface area contributed by atoms with Crippen molar-refractivity contribution in [1.29, 1.82) is 5.26 Å². The predicted octanol–water partition coefficient (Wildman–Crippen LogP) is -5.94. The zero-order chi connectivity index (χ0) is 39.4. The van der Waals surface area contributed by atoms with Crippen LogP contribution in [0.2, 0.25) is 0 Å². The smallest absolute Gasteiger partial charge is 0.229 e. The molecule has 1 aliphatic carbocycles. The Morgan fingerprint density at radius 2 is 1.24 bits per heavy atom. The van der Waals surface area contributed by atoms with Gasteiger partial charge in [0.1, 0.15) is 85.1 Å². The normalized spacial score (nSPS) is 44.4. The third-order valence-corrected chi connectivity index (χ3v) is 9.94. The van der Waals surface area contributed by atoms with E-state index < -0.39 is 136 Å². The van der Waals surface area contributed by atoms with Crippen molar-refractivity contribution in [3.63, 3.8) is 0 Å². The second-order valence-corrected chi connectivity index (χ2v) is 13.5. The second-order valence-electron chi connectivity index (χ2n) is 13.5. The van der Waals surface area contributed by atoms with Crippen LogP contribution in [0.15, 0.2) is 42.0 Å². The first-order valence-electron chi connectivity index (χ1n) is 17.3. The summed E-state index contributed by atoms with van der Waals surface area (Å²) in [5.74, 6) is 0.223. The first kappa shape index (κ1) is 42.4. The fourth-order valence-corrected chi connectivity index (χ4v) is 6.82. The Labute approximate surface area is 308 Å². The van der Waals surface area contributed by atoms with Crippen LogP contribution in [0.1, 0.15) is 12.5 Å². The molecule has 0 amide bonds. The molecule has 20 heteroatoms. The van der Waals surface area contributed by atoms with Gasteiger partial charge in [0.25, 0.3) is 0 Å². The molecule has 0 bridgehead atoms. The minimum absolute atomic E-state index is 0.0182. The zero-order valence-corrected chi connectivity index (χ0v) is 28.9. The number of benzene rings is 1. The summed E-state index contributed by atoms with van der Waals surface area (Å²) in [6.07, 6.45) is -23.5. The molecule has 19 unspecified atom stereocenters. The third-order valence-electron chi connectivity index (χ3n) is 9.94. The minimum Gasteiger partial charge on any atom is -0.462 e. The molecule has 1 aromatic carbocycles. The van der Waals surface area contributed by atoms with Gasteiger partial charge in [-0.2, -0.15) is 5.26 Å². The lowest BCUT2D eigenvalue weighted by Gasteiger charge is -2.48. The number of hydrogen-bond acceptors (Lipinski definition) is 20. The van der Waals surface area contributed by atoms with Gasteiger partial charge in [-0.3, -0.25) is 0 Å². The molecule has 3 aliphatic heterocycles. The van der Waals surface area contributed by atoms with Crippen molar-refractivity contribution < 1.29 is 89.7 Å². The number of ether oxygens (including phenoxy) is 6. The number of rotatable bonds is 12. The van der Waals surface area contributed by atoms with Gasteiger partial charge in [-0.05, 0) is 36.3 Å². The zero-order valence-electron chi connectivity index (χ0n) is 28.9. The Balaban J connectivity index is 1.21. The van der Waals surface area contributed by atoms with Crippen LogP contribution in [-0.4, -0.2) is 198 Å². The van der Waals surface area contributed by atoms with Crippen molar-refractivity contribution in [2.24, 2.45) is 0 Å². The predicted molar refractivity (Wildman–Crippen MR) is 177 cm³/mol. The lowest BCUT2D eigenvalue weighted by Crippen LogP contribution is -2.68. The first-order chi connectivity index (χ1) is 25.7. The topological polar surface area (TPSA) is 334 Å². The number of aliphatic hydroxyl groups excluding tert-OH is 12. The number of nitriles is 1. The quantitative estimate of drug-likeness (QED) is 0.0695. The van der Waals surface area contributed by atoms with Crippen LogP contribution < -0.4 is 10.1 Å². The molecule has 1 aromatic rings. The molecule has 20 nitrogen and oxygen atoms in total. The van der Waals surface area contributed by atoms with Gasteiger partial charge in [-0.25, -0.2) is 0 Å². The maximum absolute atomic E-state index is 11.1. The maximum Gasteiger partial charge on any atom is 0.229 e. The van der Waals surface area contributed by atoms with E-state index >= 15 is 0 Å². The molecule has 0 radical (unpaired) electrons. The lowest BCUT2D eigenvalue weighted by molar-refractivity contribution is -0.372. The Bertz CT molecular complexity index is 1460. The average molecular weight is 773 g/mol. The van der Waals surface area contributed by atoms with E-state index in [-0.39, 0.29) is 11.3 Å². The summed E-state index contributed by atoms with van der Waals surface area (Å²) in [6.45, 7) is -0.752. The van der Waals surface area contributed by atoms with Crippen molar-refractivity contribution in [3.05, 3.63) is 47.6 Å². The summed E-state index contributed by atoms with van der Waals surface area (Å²) in [6, 6.07) is 5.98. The molecule has 302 valence electrons. The number of nitrogens with zero attached hydrogens (tertiary/aromatic N) is 1. The second kappa shape index (κ2) is 18.5. The summed E-state index contributed by atoms with van der Waals surface area (Å²) in [5.41, 5.74) is 0.704. The van der Waals surface area contributed by atoms with E-state index in [1.54, 1.807) is 18.2 Å². The molecule has 54 heavy (non-hydrogen) atoms. The van der Waals surface area contributed by atoms with E-state index in [0.29, 0.717) is 5.56 Å². The van der Waals surface area contributed by atoms with Crippen LogP contribution in [-0.2, 0) is 23.7 Å². The van der Waals surface area contributed by atoms with Gasteiger partial charge in [0, 0.05) is 6.08 Å². The molecule has 13 N–H and O–H groups in total. The van der Waals surface area contributed by atoms with E-state index in [4.69, 9.17) is 33.7 Å². The van der Waals surface area contributed by atoms with Crippen LogP contribution in [0.5, 0.6) is 5.75 Å². The summed E-state index contributed by atoms with van der Waals surface area (Å²) in [7, 11) is 0. The van der Waals surface area contributed by atoms with Gasteiger partial charge in [-0.15, -0.1) is 0 Å². The van der Waals surface area contributed by atoms with Crippen LogP contribution in [0, 0.1) is 11.3 Å². The number of allylic oxidation sites excluding steroid dienone is 1. The molecule has 4 aliphatic rings. The molecular formula is C34H48N2O18. The van der Waals surface area contributed by atoms with E-state index in [2.05, 4.69) is 5.32 Å². The SMILES string of the molecule is CC1OC(OC2C(CO)OC(OC3C(CO)OC(Oc4ccc(/C=C/C#N)cc4)C(O)C3O)C(O)C2O)C(O)C(O)C1NC1C=C(CO)C(O)C(O)C1O. The molecule has 19 atom stereocenters. The van der Waals surface area contributed by atoms with Gasteiger partial charge >= 0.3 is 0 Å². The standard InChI is InChI=1S/C34H48N2O18/c1-13-20(36-17-9-15(10-37)21(40)24(43)22(17)41)23(42)27(46)32(49-13)53-30-19(12-39)52-34(29(48)26(30)45)54-31-18(11-38)51-33(28(47)25(31)44)50-16-6-4-14(5-7-16)3-2-8-35/h2-7,9,13,17-34,36-48H,10-12H2,1H3/b3-2+. The molecule has 5 rings (SSSR count). The Morgan fingerprint density at radius 3 is 1.80 bits per heavy atom. The Hall–Kier alpha value is -2.73. The van der Waals surface area contributed by atoms with Gasteiger partial charge in [0.05, 0.1) is 44.1 Å². The van der Waals surface area contributed by atoms with Gasteiger partial charge in [0.2, 0.25) is 6.29 Å². The van der Waals surface area contributed by atoms with Crippen molar-refractivity contribution in [2.45, 2.75) is 123 Å². The van der Waals surface area contributed by atoms with Crippen molar-refractivity contribution in [1.82, 2.24) is 5.32 Å². The summed E-state index contributed by atoms with van der Waals surface area (Å²) in [4.78, 5) is 0. The summed E-state index contributed by atoms with van der Waals surface area (Å²) < 4.78 is 34.2. The summed E-state index contributed by atoms with van der Waals surface area (Å²) >= 11 is 0. The highest BCUT2D eigenvalue weighted by atomic mass is 16.8. The van der Waals surface area contributed by atoms with Crippen molar-refractivity contribution >= 4 is 6.08 Å². The molecule has 0 saturated carbocycles. The fraction of sp³-hybridized carbons (Fsp3) is 0.676. The molecule has 0 aromatic heterocycles. The highest BCUT2D eigenvalue weighted by Gasteiger charge is 2.54. The Morgan fingerprint density at radius 1 is 0.704 bits per heavy atom. The van der Waals surface area contributed by atoms with Crippen molar-refractivity contribution in [3.8, 4) is 11.8 Å². The van der Waals surface area contributed by atoms with Crippen molar-refractivity contribution in [2.75, 3.05) is 19.8 Å². The van der Waals surface area contributed by atoms with Crippen LogP contribution >= 0.6 is 0 Å². The molecular weight excluding hydrogens is 724 g/mol. The monoisotopic (exact) mass is 772 g/mol. The molecule has 0 spiro atoms. The van der Waals surface area contributed by atoms with Crippen LogP contribution in [0.25, 0.3) is 6.08 Å². The maximum atomic E-state index is 11.1. The number of aliphatic hydroxyl groups is 12. The average Bonchev–Trinajstić information content (AvgIpc) is 3.17.